The van der Waals surface area contributed by atoms with E-state index < -0.39 is 12.3 Å². The molecule has 0 aromatic heterocycles. The van der Waals surface area contributed by atoms with Gasteiger partial charge in [0.15, 0.2) is 0 Å². The number of carbonyl (C=O) groups excluding carboxylic acids is 2. The van der Waals surface area contributed by atoms with E-state index in [9.17, 15) is 9.59 Å². The van der Waals surface area contributed by atoms with Crippen molar-refractivity contribution in [3.8, 4) is 11.1 Å². The zero-order valence-electron chi connectivity index (χ0n) is 16.4. The van der Waals surface area contributed by atoms with Gasteiger partial charge >= 0.3 is 172 Å². The second-order valence-electron chi connectivity index (χ2n) is 6.97. The molecule has 1 aliphatic rings. The van der Waals surface area contributed by atoms with E-state index in [4.69, 9.17) is 4.74 Å². The van der Waals surface area contributed by atoms with Crippen LogP contribution in [0.15, 0.2) is 48.5 Å². The van der Waals surface area contributed by atoms with Gasteiger partial charge in [0.2, 0.25) is 0 Å². The van der Waals surface area contributed by atoms with Crippen LogP contribution in [0.3, 0.4) is 0 Å². The van der Waals surface area contributed by atoms with Gasteiger partial charge in [0.05, 0.1) is 0 Å². The Morgan fingerprint density at radius 1 is 1.04 bits per heavy atom. The molecular formula is C22H26N2O3Se. The Balaban J connectivity index is 1.68. The molecule has 0 saturated heterocycles. The molecule has 2 N–H and O–H groups in total. The second-order valence-corrected chi connectivity index (χ2v) is 8.60. The standard InChI is InChI=1S/C22H26N2O3Se/c1-4-14(2)20(24-22(26)28-3)23-21(25)27-13-19-17-11-7-5-9-15(17)16-10-6-8-12-18(16)19/h5-12,14,19-20H,4,13H2,1-3H3,(H,23,25)(H,24,26)/t14?,20-/m1/s1. The number of alkyl carbamates (subject to hydrolysis) is 1. The van der Waals surface area contributed by atoms with Gasteiger partial charge in [-0.15, -0.1) is 0 Å². The zero-order chi connectivity index (χ0) is 20.1. The monoisotopic (exact) mass is 446 g/mol. The molecule has 2 atom stereocenters. The normalized spacial score (nSPS) is 14.5. The molecule has 1 aliphatic carbocycles. The number of rotatable bonds is 7. The molecule has 1 unspecified atom stereocenters. The molecule has 0 fully saturated rings. The molecule has 2 amide bonds. The molecule has 0 aliphatic heterocycles. The third-order valence-corrected chi connectivity index (χ3v) is 6.31. The topological polar surface area (TPSA) is 67.4 Å². The van der Waals surface area contributed by atoms with Crippen LogP contribution in [-0.4, -0.2) is 38.6 Å². The Hall–Kier alpha value is -2.30. The van der Waals surface area contributed by atoms with Crippen molar-refractivity contribution in [1.29, 1.82) is 0 Å². The number of hydrogen-bond donors (Lipinski definition) is 2. The molecule has 3 rings (SSSR count). The molecular weight excluding hydrogens is 419 g/mol. The van der Waals surface area contributed by atoms with Gasteiger partial charge in [-0.1, -0.05) is 0 Å². The molecule has 28 heavy (non-hydrogen) atoms. The van der Waals surface area contributed by atoms with Crippen molar-refractivity contribution in [3.05, 3.63) is 59.7 Å². The fourth-order valence-corrected chi connectivity index (χ4v) is 4.02. The van der Waals surface area contributed by atoms with Crippen LogP contribution in [0.1, 0.15) is 37.3 Å². The minimum absolute atomic E-state index is 0.0220. The molecule has 2 aromatic carbocycles. The van der Waals surface area contributed by atoms with Crippen LogP contribution in [-0.2, 0) is 4.74 Å². The number of ether oxygens (including phenoxy) is 1. The van der Waals surface area contributed by atoms with Crippen molar-refractivity contribution >= 4 is 25.9 Å². The van der Waals surface area contributed by atoms with Gasteiger partial charge in [-0.25, -0.2) is 0 Å². The first-order chi connectivity index (χ1) is 13.5. The van der Waals surface area contributed by atoms with E-state index >= 15 is 0 Å². The summed E-state index contributed by atoms with van der Waals surface area (Å²) in [7, 11) is 0. The number of hydrogen-bond acceptors (Lipinski definition) is 3. The van der Waals surface area contributed by atoms with Gasteiger partial charge in [0.1, 0.15) is 0 Å². The summed E-state index contributed by atoms with van der Waals surface area (Å²) in [6.45, 7) is 4.29. The SMILES string of the molecule is CCC(C)[C@H](NC(=O)OCC1c2ccccc2-c2ccccc21)NC(=O)[Se]C. The summed E-state index contributed by atoms with van der Waals surface area (Å²) in [6.07, 6.45) is -0.0864. The van der Waals surface area contributed by atoms with Gasteiger partial charge in [-0.05, 0) is 0 Å². The van der Waals surface area contributed by atoms with Gasteiger partial charge in [0, 0.05) is 0 Å². The van der Waals surface area contributed by atoms with Crippen molar-refractivity contribution in [2.24, 2.45) is 5.92 Å². The molecule has 0 heterocycles. The third kappa shape index (κ3) is 4.40. The first-order valence-corrected chi connectivity index (χ1v) is 12.1. The van der Waals surface area contributed by atoms with Gasteiger partial charge in [0.25, 0.3) is 0 Å². The molecule has 148 valence electrons. The van der Waals surface area contributed by atoms with Crippen LogP contribution in [0.2, 0.25) is 5.82 Å². The van der Waals surface area contributed by atoms with E-state index in [1.807, 2.05) is 43.9 Å². The summed E-state index contributed by atoms with van der Waals surface area (Å²) in [6, 6.07) is 16.5. The third-order valence-electron chi connectivity index (χ3n) is 5.29. The van der Waals surface area contributed by atoms with Crippen LogP contribution in [0.4, 0.5) is 9.59 Å². The average Bonchev–Trinajstić information content (AvgIpc) is 3.05. The van der Waals surface area contributed by atoms with Crippen LogP contribution in [0.25, 0.3) is 11.1 Å². The predicted molar refractivity (Wildman–Crippen MR) is 112 cm³/mol. The molecule has 0 radical (unpaired) electrons. The van der Waals surface area contributed by atoms with Crippen LogP contribution >= 0.6 is 0 Å². The number of nitrogens with one attached hydrogen (secondary N) is 2. The number of benzene rings is 2. The molecule has 6 heteroatoms. The van der Waals surface area contributed by atoms with E-state index in [0.29, 0.717) is 0 Å². The molecule has 0 spiro atoms. The summed E-state index contributed by atoms with van der Waals surface area (Å²) in [5.41, 5.74) is 4.75. The van der Waals surface area contributed by atoms with Gasteiger partial charge in [-0.2, -0.15) is 0 Å². The Morgan fingerprint density at radius 3 is 2.14 bits per heavy atom. The first-order valence-electron chi connectivity index (χ1n) is 9.51. The van der Waals surface area contributed by atoms with Crippen molar-refractivity contribution in [1.82, 2.24) is 10.6 Å². The second kappa shape index (κ2) is 9.26. The molecule has 0 saturated carbocycles. The Kier molecular flexibility index (Phi) is 6.76. The van der Waals surface area contributed by atoms with Crippen molar-refractivity contribution in [2.75, 3.05) is 6.61 Å². The minimum atomic E-state index is -0.504. The van der Waals surface area contributed by atoms with E-state index in [-0.39, 0.29) is 38.2 Å². The average molecular weight is 445 g/mol. The molecule has 2 aromatic rings. The number of amides is 2. The Morgan fingerprint density at radius 2 is 1.61 bits per heavy atom. The van der Waals surface area contributed by atoms with Gasteiger partial charge in [-0.3, -0.25) is 0 Å². The summed E-state index contributed by atoms with van der Waals surface area (Å²) in [5, 5.41) is 5.71. The zero-order valence-corrected chi connectivity index (χ0v) is 18.1. The summed E-state index contributed by atoms with van der Waals surface area (Å²) >= 11 is -0.158. The van der Waals surface area contributed by atoms with Crippen LogP contribution in [0.5, 0.6) is 0 Å². The summed E-state index contributed by atoms with van der Waals surface area (Å²) < 4.78 is 5.58. The Labute approximate surface area is 172 Å². The fourth-order valence-electron chi connectivity index (χ4n) is 3.51. The van der Waals surface area contributed by atoms with E-state index in [1.54, 1.807) is 0 Å². The van der Waals surface area contributed by atoms with Gasteiger partial charge < -0.3 is 0 Å². The molecule has 5 nitrogen and oxygen atoms in total. The summed E-state index contributed by atoms with van der Waals surface area (Å²) in [5.74, 6) is 1.99. The van der Waals surface area contributed by atoms with Crippen LogP contribution in [0, 0.1) is 5.92 Å². The first kappa shape index (κ1) is 20.4. The summed E-state index contributed by atoms with van der Waals surface area (Å²) in [4.78, 5) is 24.2. The number of fused-ring (bicyclic) bond motifs is 3. The Bertz CT molecular complexity index is 810. The van der Waals surface area contributed by atoms with E-state index in [2.05, 4.69) is 34.9 Å². The van der Waals surface area contributed by atoms with Crippen molar-refractivity contribution in [3.63, 3.8) is 0 Å². The van der Waals surface area contributed by atoms with E-state index in [0.717, 1.165) is 6.42 Å². The molecule has 0 bridgehead atoms. The van der Waals surface area contributed by atoms with Crippen LogP contribution < -0.4 is 10.6 Å². The maximum absolute atomic E-state index is 12.4. The van der Waals surface area contributed by atoms with Crippen molar-refractivity contribution in [2.45, 2.75) is 38.2 Å². The number of carbonyl (C=O) groups is 2. The quantitative estimate of drug-likeness (QED) is 0.492. The predicted octanol–water partition coefficient (Wildman–Crippen LogP) is 4.36. The van der Waals surface area contributed by atoms with Crippen molar-refractivity contribution < 1.29 is 14.3 Å². The van der Waals surface area contributed by atoms with E-state index in [1.165, 1.54) is 22.3 Å². The fraction of sp³-hybridized carbons (Fsp3) is 0.364. The maximum atomic E-state index is 12.4.